The van der Waals surface area contributed by atoms with Gasteiger partial charge in [0.1, 0.15) is 220 Å². The summed E-state index contributed by atoms with van der Waals surface area (Å²) in [4.78, 5) is 0. The SMILES string of the molecule is CCCO[C@@H]1OC(CO[C@H]2OC(CO[C@H]3OC(CO)C(O)[C@H](O)C3O[C@H]3OC(CO)[C@@H](O)[C@H](O)C3O)[C@@H](O)[C@H](O[C@H]3OC(CO)[C@@H](O)C(O)C3O[C@H]3OC(CO)[C@@H](O)C(O)C3O)C2O)[C@@H](O)[C@H](O[C@H]2OC(CO)[C@@H](O)C(O)C2O[C@H]2OC(CO)[C@@H](O)C(O)C2O[C@H]2OC(CO)[C@@H](O)C(O)C2O)C1O. The highest BCUT2D eigenvalue weighted by molar-refractivity contribution is 5.02. The molecule has 0 aromatic rings. The third-order valence-corrected chi connectivity index (χ3v) is 19.2. The van der Waals surface area contributed by atoms with Crippen molar-refractivity contribution in [3.8, 4) is 0 Å². The fourth-order valence-corrected chi connectivity index (χ4v) is 13.0. The molecule has 46 nitrogen and oxygen atoms in total. The fourth-order valence-electron chi connectivity index (χ4n) is 13.0. The van der Waals surface area contributed by atoms with Crippen LogP contribution in [-0.4, -0.2) is 485 Å². The van der Waals surface area contributed by atoms with Crippen molar-refractivity contribution in [2.45, 2.75) is 290 Å². The lowest BCUT2D eigenvalue weighted by Crippen LogP contribution is -2.68. The second kappa shape index (κ2) is 37.5. The highest BCUT2D eigenvalue weighted by Gasteiger charge is 2.60. The predicted octanol–water partition coefficient (Wildman–Crippen LogP) is -19.2. The third-order valence-electron chi connectivity index (χ3n) is 19.2. The molecule has 602 valence electrons. The molecule has 9 saturated heterocycles. The molecule has 9 rings (SSSR count). The van der Waals surface area contributed by atoms with Crippen molar-refractivity contribution < 1.29 is 228 Å². The topological polar surface area (TPSA) is 733 Å². The average Bonchev–Trinajstić information content (AvgIpc) is 0.775. The van der Waals surface area contributed by atoms with Crippen LogP contribution in [0.4, 0.5) is 0 Å². The Hall–Kier alpha value is -1.84. The Kier molecular flexibility index (Phi) is 31.0. The first-order valence-corrected chi connectivity index (χ1v) is 33.2. The van der Waals surface area contributed by atoms with Gasteiger partial charge in [0, 0.05) is 6.61 Å². The van der Waals surface area contributed by atoms with Crippen molar-refractivity contribution in [3.63, 3.8) is 0 Å². The van der Waals surface area contributed by atoms with Crippen LogP contribution >= 0.6 is 0 Å². The van der Waals surface area contributed by atoms with Gasteiger partial charge in [0.2, 0.25) is 0 Å². The van der Waals surface area contributed by atoms with Gasteiger partial charge in [0.25, 0.3) is 0 Å². The van der Waals surface area contributed by atoms with Gasteiger partial charge in [-0.3, -0.25) is 0 Å². The molecule has 9 heterocycles. The van der Waals surface area contributed by atoms with E-state index in [9.17, 15) is 143 Å². The fraction of sp³-hybridized carbons (Fsp3) is 1.00. The van der Waals surface area contributed by atoms with Crippen LogP contribution in [0.1, 0.15) is 13.3 Å². The van der Waals surface area contributed by atoms with Crippen molar-refractivity contribution in [2.24, 2.45) is 0 Å². The van der Waals surface area contributed by atoms with Gasteiger partial charge < -0.3 is 228 Å². The Balaban J connectivity index is 1.01. The summed E-state index contributed by atoms with van der Waals surface area (Å²) in [5, 5.41) is 305. The van der Waals surface area contributed by atoms with E-state index in [0.29, 0.717) is 0 Å². The molecule has 9 aliphatic rings. The summed E-state index contributed by atoms with van der Waals surface area (Å²) in [6.45, 7) is -7.90. The van der Waals surface area contributed by atoms with E-state index in [1.165, 1.54) is 0 Å². The van der Waals surface area contributed by atoms with E-state index >= 15 is 0 Å². The maximum absolute atomic E-state index is 12.3. The minimum Gasteiger partial charge on any atom is -0.394 e. The standard InChI is InChI=1S/C57H98O46/c1-2-3-86-49-41(84)43(98-56-48(37(80)28(71)18(9-63)94-56)103-57-47(36(79)27(70)19(10-64)95-57)102-53-40(83)33(76)24(67)15(6-60)91-53)29(72)20(96-49)11-87-50-42(85)44(99-55-46(35(78)26(69)17(8-62)93-55)101-52-39(82)32(75)23(66)14(5-59)90-52)30(73)21(97-50)12-88-54-45(34(77)25(68)16(7-61)92-54)100-51-38(81)31(74)22(65)13(4-58)89-51/h13-85H,2-12H2,1H3/t13?,14?,15?,16?,17?,18?,19?,20?,21?,22-,23-,24-,25?,26-,27-,28-,29-,30-,31+,32?,33?,34+,35?,36?,37?,38?,39?,40?,41?,42?,43+,44+,45?,46?,47?,48?,49-,50+,51-,52-,53-,54+,55-,56-,57-/m1/s1. The molecule has 28 N–H and O–H groups in total. The Morgan fingerprint density at radius 2 is 0.408 bits per heavy atom. The maximum Gasteiger partial charge on any atom is 0.187 e. The molecular weight excluding hydrogens is 1420 g/mol. The molecule has 9 fully saturated rings. The number of hydrogen-bond acceptors (Lipinski definition) is 46. The molecule has 0 radical (unpaired) electrons. The lowest BCUT2D eigenvalue weighted by molar-refractivity contribution is -0.405. The first-order valence-electron chi connectivity index (χ1n) is 33.2. The number of hydrogen-bond donors (Lipinski definition) is 28. The second-order valence-corrected chi connectivity index (χ2v) is 26.1. The summed E-state index contributed by atoms with van der Waals surface area (Å²) >= 11 is 0. The van der Waals surface area contributed by atoms with Crippen LogP contribution < -0.4 is 0 Å². The first kappa shape index (κ1) is 85.2. The average molecular weight is 1520 g/mol. The normalized spacial score (nSPS) is 52.5. The summed E-state index contributed by atoms with van der Waals surface area (Å²) in [5.41, 5.74) is 0. The van der Waals surface area contributed by atoms with Crippen molar-refractivity contribution in [1.82, 2.24) is 0 Å². The van der Waals surface area contributed by atoms with E-state index < -0.39 is 336 Å². The van der Waals surface area contributed by atoms with E-state index in [4.69, 9.17) is 85.3 Å². The highest BCUT2D eigenvalue weighted by Crippen LogP contribution is 2.39. The smallest absolute Gasteiger partial charge is 0.187 e. The Labute approximate surface area is 582 Å². The Bertz CT molecular complexity index is 2510. The van der Waals surface area contributed by atoms with E-state index in [0.717, 1.165) is 0 Å². The van der Waals surface area contributed by atoms with Crippen LogP contribution in [0.3, 0.4) is 0 Å². The van der Waals surface area contributed by atoms with Gasteiger partial charge in [-0.15, -0.1) is 0 Å². The maximum atomic E-state index is 12.3. The van der Waals surface area contributed by atoms with Crippen LogP contribution in [0.15, 0.2) is 0 Å². The zero-order chi connectivity index (χ0) is 75.5. The van der Waals surface area contributed by atoms with Crippen LogP contribution in [0, 0.1) is 0 Å². The molecule has 0 saturated carbocycles. The van der Waals surface area contributed by atoms with Crippen LogP contribution in [-0.2, 0) is 85.3 Å². The molecule has 103 heavy (non-hydrogen) atoms. The molecule has 0 amide bonds. The summed E-state index contributed by atoms with van der Waals surface area (Å²) in [7, 11) is 0. The summed E-state index contributed by atoms with van der Waals surface area (Å²) in [5.74, 6) is 0. The van der Waals surface area contributed by atoms with Crippen LogP contribution in [0.5, 0.6) is 0 Å². The van der Waals surface area contributed by atoms with Crippen molar-refractivity contribution in [1.29, 1.82) is 0 Å². The summed E-state index contributed by atoms with van der Waals surface area (Å²) in [6.07, 6.45) is -92.6. The molecule has 45 atom stereocenters. The van der Waals surface area contributed by atoms with Gasteiger partial charge >= 0.3 is 0 Å². The van der Waals surface area contributed by atoms with E-state index in [1.807, 2.05) is 0 Å². The van der Waals surface area contributed by atoms with E-state index in [2.05, 4.69) is 0 Å². The zero-order valence-corrected chi connectivity index (χ0v) is 54.6. The molecule has 0 aliphatic carbocycles. The Morgan fingerprint density at radius 1 is 0.194 bits per heavy atom. The van der Waals surface area contributed by atoms with Gasteiger partial charge in [-0.05, 0) is 6.42 Å². The number of rotatable bonds is 28. The monoisotopic (exact) mass is 1520 g/mol. The van der Waals surface area contributed by atoms with Crippen molar-refractivity contribution in [3.05, 3.63) is 0 Å². The van der Waals surface area contributed by atoms with Crippen molar-refractivity contribution >= 4 is 0 Å². The molecule has 24 unspecified atom stereocenters. The molecule has 0 bridgehead atoms. The lowest BCUT2D eigenvalue weighted by Gasteiger charge is -2.50. The van der Waals surface area contributed by atoms with Gasteiger partial charge in [0.15, 0.2) is 56.6 Å². The number of aliphatic hydroxyl groups is 28. The third kappa shape index (κ3) is 18.2. The van der Waals surface area contributed by atoms with Gasteiger partial charge in [-0.2, -0.15) is 0 Å². The summed E-state index contributed by atoms with van der Waals surface area (Å²) in [6, 6.07) is 0. The molecule has 46 heteroatoms. The molecule has 9 aliphatic heterocycles. The first-order chi connectivity index (χ1) is 48.9. The quantitative estimate of drug-likeness (QED) is 0.0346. The number of ether oxygens (including phenoxy) is 18. The number of aliphatic hydroxyl groups excluding tert-OH is 28. The lowest BCUT2D eigenvalue weighted by atomic mass is 9.95. The zero-order valence-electron chi connectivity index (χ0n) is 54.6. The molecule has 0 aromatic heterocycles. The predicted molar refractivity (Wildman–Crippen MR) is 311 cm³/mol. The van der Waals surface area contributed by atoms with Gasteiger partial charge in [0.05, 0.1) is 59.5 Å². The molecule has 0 aromatic carbocycles. The minimum absolute atomic E-state index is 0.208. The minimum atomic E-state index is -2.41. The largest absolute Gasteiger partial charge is 0.394 e. The Morgan fingerprint density at radius 3 is 0.689 bits per heavy atom. The van der Waals surface area contributed by atoms with Gasteiger partial charge in [-0.1, -0.05) is 6.92 Å². The molecule has 0 spiro atoms. The van der Waals surface area contributed by atoms with Crippen LogP contribution in [0.2, 0.25) is 0 Å². The van der Waals surface area contributed by atoms with E-state index in [1.54, 1.807) is 6.92 Å². The summed E-state index contributed by atoms with van der Waals surface area (Å²) < 4.78 is 105. The van der Waals surface area contributed by atoms with Gasteiger partial charge in [-0.25, -0.2) is 0 Å². The van der Waals surface area contributed by atoms with Crippen LogP contribution in [0.25, 0.3) is 0 Å². The van der Waals surface area contributed by atoms with Crippen molar-refractivity contribution in [2.75, 3.05) is 66.1 Å². The second-order valence-electron chi connectivity index (χ2n) is 26.1. The molecular formula is C57H98O46. The highest BCUT2D eigenvalue weighted by atomic mass is 16.8. The van der Waals surface area contributed by atoms with E-state index in [-0.39, 0.29) is 13.0 Å².